The minimum Gasteiger partial charge on any atom is -0.369 e. The molecule has 1 aliphatic rings. The third kappa shape index (κ3) is 4.35. The van der Waals surface area contributed by atoms with Crippen molar-refractivity contribution in [3.8, 4) is 0 Å². The lowest BCUT2D eigenvalue weighted by Crippen LogP contribution is -2.44. The Labute approximate surface area is 185 Å². The summed E-state index contributed by atoms with van der Waals surface area (Å²) in [7, 11) is 2.11. The average Bonchev–Trinajstić information content (AvgIpc) is 2.75. The van der Waals surface area contributed by atoms with E-state index in [2.05, 4.69) is 44.5 Å². The van der Waals surface area contributed by atoms with Crippen molar-refractivity contribution < 1.29 is 13.2 Å². The molecule has 0 spiro atoms. The number of nitrogens with zero attached hydrogens (tertiary/aromatic N) is 4. The molecule has 170 valence electrons. The summed E-state index contributed by atoms with van der Waals surface area (Å²) < 4.78 is 40.0. The predicted molar refractivity (Wildman–Crippen MR) is 121 cm³/mol. The van der Waals surface area contributed by atoms with Gasteiger partial charge in [0.25, 0.3) is 0 Å². The number of hydrogen-bond acceptors (Lipinski definition) is 6. The van der Waals surface area contributed by atoms with Gasteiger partial charge in [-0.05, 0) is 50.2 Å². The third-order valence-electron chi connectivity index (χ3n) is 6.12. The van der Waals surface area contributed by atoms with Gasteiger partial charge in [-0.1, -0.05) is 18.2 Å². The lowest BCUT2D eigenvalue weighted by atomic mass is 10.00. The maximum absolute atomic E-state index is 13.3. The van der Waals surface area contributed by atoms with Gasteiger partial charge < -0.3 is 20.9 Å². The molecular weight excluding hydrogens is 417 g/mol. The zero-order chi connectivity index (χ0) is 23.0. The summed E-state index contributed by atoms with van der Waals surface area (Å²) in [5.74, 6) is 0.450. The average molecular weight is 445 g/mol. The molecule has 0 aliphatic carbocycles. The molecule has 1 saturated heterocycles. The molecule has 1 aliphatic heterocycles. The third-order valence-corrected chi connectivity index (χ3v) is 6.12. The highest BCUT2D eigenvalue weighted by Crippen LogP contribution is 2.35. The van der Waals surface area contributed by atoms with Crippen molar-refractivity contribution in [2.24, 2.45) is 5.73 Å². The van der Waals surface area contributed by atoms with Crippen molar-refractivity contribution in [2.45, 2.75) is 26.2 Å². The van der Waals surface area contributed by atoms with E-state index >= 15 is 0 Å². The van der Waals surface area contributed by atoms with Crippen molar-refractivity contribution in [1.29, 1.82) is 0 Å². The number of halogens is 3. The monoisotopic (exact) mass is 444 g/mol. The predicted octanol–water partition coefficient (Wildman–Crippen LogP) is 4.09. The van der Waals surface area contributed by atoms with Crippen LogP contribution < -0.4 is 16.0 Å². The van der Waals surface area contributed by atoms with Crippen LogP contribution in [0.2, 0.25) is 0 Å². The van der Waals surface area contributed by atoms with Gasteiger partial charge in [0.15, 0.2) is 5.82 Å². The summed E-state index contributed by atoms with van der Waals surface area (Å²) in [4.78, 5) is 4.60. The SMILES string of the molecule is Cc1c([C@@H](N)Nc2nnc(C)c3ccc(N4CCN(C)CC4)cc23)cccc1C(F)(F)F. The Morgan fingerprint density at radius 2 is 1.72 bits per heavy atom. The van der Waals surface area contributed by atoms with Crippen LogP contribution in [-0.2, 0) is 6.18 Å². The van der Waals surface area contributed by atoms with E-state index in [0.717, 1.165) is 54.4 Å². The van der Waals surface area contributed by atoms with Crippen molar-refractivity contribution in [1.82, 2.24) is 15.1 Å². The number of alkyl halides is 3. The first kappa shape index (κ1) is 22.3. The second kappa shape index (κ2) is 8.55. The summed E-state index contributed by atoms with van der Waals surface area (Å²) in [5, 5.41) is 13.4. The molecule has 0 unspecified atom stereocenters. The second-order valence-electron chi connectivity index (χ2n) is 8.29. The van der Waals surface area contributed by atoms with Crippen LogP contribution in [0.3, 0.4) is 0 Å². The van der Waals surface area contributed by atoms with Gasteiger partial charge in [-0.15, -0.1) is 5.10 Å². The molecule has 1 fully saturated rings. The number of rotatable bonds is 4. The fraction of sp³-hybridized carbons (Fsp3) is 0.391. The molecule has 3 N–H and O–H groups in total. The molecule has 1 aromatic heterocycles. The van der Waals surface area contributed by atoms with Crippen molar-refractivity contribution in [3.05, 3.63) is 58.8 Å². The number of benzene rings is 2. The van der Waals surface area contributed by atoms with Crippen molar-refractivity contribution in [3.63, 3.8) is 0 Å². The van der Waals surface area contributed by atoms with Crippen LogP contribution >= 0.6 is 0 Å². The number of likely N-dealkylation sites (N-methyl/N-ethyl adjacent to an activating group) is 1. The van der Waals surface area contributed by atoms with Gasteiger partial charge in [-0.3, -0.25) is 0 Å². The van der Waals surface area contributed by atoms with E-state index in [1.54, 1.807) is 6.07 Å². The zero-order valence-electron chi connectivity index (χ0n) is 18.4. The van der Waals surface area contributed by atoms with E-state index < -0.39 is 17.9 Å². The maximum Gasteiger partial charge on any atom is 0.416 e. The molecule has 0 saturated carbocycles. The molecule has 9 heteroatoms. The highest BCUT2D eigenvalue weighted by atomic mass is 19.4. The Bertz CT molecular complexity index is 1120. The summed E-state index contributed by atoms with van der Waals surface area (Å²) >= 11 is 0. The minimum absolute atomic E-state index is 0.0995. The highest BCUT2D eigenvalue weighted by Gasteiger charge is 2.33. The Kier molecular flexibility index (Phi) is 5.96. The molecule has 0 bridgehead atoms. The van der Waals surface area contributed by atoms with Crippen LogP contribution in [-0.4, -0.2) is 48.3 Å². The van der Waals surface area contributed by atoms with Gasteiger partial charge in [0.05, 0.1) is 11.3 Å². The molecule has 2 heterocycles. The van der Waals surface area contributed by atoms with Gasteiger partial charge in [-0.25, -0.2) is 0 Å². The molecule has 32 heavy (non-hydrogen) atoms. The van der Waals surface area contributed by atoms with Gasteiger partial charge in [0, 0.05) is 42.6 Å². The Morgan fingerprint density at radius 1 is 1.00 bits per heavy atom. The normalized spacial score (nSPS) is 16.4. The van der Waals surface area contributed by atoms with Crippen molar-refractivity contribution in [2.75, 3.05) is 43.4 Å². The number of aromatic nitrogens is 2. The van der Waals surface area contributed by atoms with Crippen LogP contribution in [0.15, 0.2) is 36.4 Å². The molecule has 3 aromatic rings. The highest BCUT2D eigenvalue weighted by molar-refractivity contribution is 5.95. The number of piperazine rings is 1. The zero-order valence-corrected chi connectivity index (χ0v) is 18.4. The van der Waals surface area contributed by atoms with Crippen LogP contribution in [0.25, 0.3) is 10.8 Å². The van der Waals surface area contributed by atoms with Crippen LogP contribution in [0.4, 0.5) is 24.7 Å². The number of aryl methyl sites for hydroxylation is 1. The Morgan fingerprint density at radius 3 is 2.41 bits per heavy atom. The Hall–Kier alpha value is -2.91. The first-order valence-electron chi connectivity index (χ1n) is 10.5. The fourth-order valence-corrected chi connectivity index (χ4v) is 4.17. The molecule has 2 aromatic carbocycles. The summed E-state index contributed by atoms with van der Waals surface area (Å²) in [6.07, 6.45) is -5.31. The summed E-state index contributed by atoms with van der Waals surface area (Å²) in [6, 6.07) is 10.2. The smallest absolute Gasteiger partial charge is 0.369 e. The van der Waals surface area contributed by atoms with Gasteiger partial charge in [0.1, 0.15) is 6.17 Å². The first-order chi connectivity index (χ1) is 15.1. The first-order valence-corrected chi connectivity index (χ1v) is 10.5. The largest absolute Gasteiger partial charge is 0.416 e. The standard InChI is InChI=1S/C23H27F3N6/c1-14-17(5-4-6-20(14)23(24,25)26)21(27)28-22-19-13-16(32-11-9-31(3)10-12-32)7-8-18(19)15(2)29-30-22/h4-8,13,21H,9-12,27H2,1-3H3,(H,28,30)/t21-/m0/s1. The van der Waals surface area contributed by atoms with E-state index in [0.29, 0.717) is 11.4 Å². The van der Waals surface area contributed by atoms with Gasteiger partial charge in [0.2, 0.25) is 0 Å². The van der Waals surface area contributed by atoms with E-state index in [4.69, 9.17) is 5.73 Å². The van der Waals surface area contributed by atoms with E-state index in [1.807, 2.05) is 13.0 Å². The minimum atomic E-state index is -4.44. The van der Waals surface area contributed by atoms with E-state index in [-0.39, 0.29) is 5.56 Å². The summed E-state index contributed by atoms with van der Waals surface area (Å²) in [5.41, 5.74) is 7.93. The Balaban J connectivity index is 1.69. The lowest BCUT2D eigenvalue weighted by molar-refractivity contribution is -0.138. The number of nitrogens with two attached hydrogens (primary N) is 1. The topological polar surface area (TPSA) is 70.3 Å². The molecule has 0 radical (unpaired) electrons. The lowest BCUT2D eigenvalue weighted by Gasteiger charge is -2.34. The number of nitrogens with one attached hydrogen (secondary N) is 1. The molecule has 0 amide bonds. The number of fused-ring (bicyclic) bond motifs is 1. The van der Waals surface area contributed by atoms with Gasteiger partial charge >= 0.3 is 6.18 Å². The molecule has 4 rings (SSSR count). The van der Waals surface area contributed by atoms with Gasteiger partial charge in [-0.2, -0.15) is 18.3 Å². The molecular formula is C23H27F3N6. The van der Waals surface area contributed by atoms with E-state index in [1.165, 1.54) is 13.0 Å². The quantitative estimate of drug-likeness (QED) is 0.591. The van der Waals surface area contributed by atoms with Crippen LogP contribution in [0.5, 0.6) is 0 Å². The maximum atomic E-state index is 13.3. The van der Waals surface area contributed by atoms with Crippen LogP contribution in [0.1, 0.15) is 28.6 Å². The molecule has 1 atom stereocenters. The fourth-order valence-electron chi connectivity index (χ4n) is 4.17. The van der Waals surface area contributed by atoms with Crippen molar-refractivity contribution >= 4 is 22.3 Å². The van der Waals surface area contributed by atoms with E-state index in [9.17, 15) is 13.2 Å². The summed E-state index contributed by atoms with van der Waals surface area (Å²) in [6.45, 7) is 7.12. The van der Waals surface area contributed by atoms with Crippen LogP contribution in [0, 0.1) is 13.8 Å². The second-order valence-corrected chi connectivity index (χ2v) is 8.29. The number of anilines is 2. The number of hydrogen-bond donors (Lipinski definition) is 2. The molecule has 6 nitrogen and oxygen atoms in total.